The van der Waals surface area contributed by atoms with Gasteiger partial charge in [0.1, 0.15) is 0 Å². The van der Waals surface area contributed by atoms with Crippen molar-refractivity contribution in [2.24, 2.45) is 0 Å². The second kappa shape index (κ2) is 3.18. The van der Waals surface area contributed by atoms with E-state index in [1.165, 1.54) is 0 Å². The van der Waals surface area contributed by atoms with E-state index in [-0.39, 0.29) is 0 Å². The molecule has 0 saturated carbocycles. The van der Waals surface area contributed by atoms with Gasteiger partial charge in [0.15, 0.2) is 0 Å². The van der Waals surface area contributed by atoms with Gasteiger partial charge in [0.05, 0.1) is 17.6 Å². The van der Waals surface area contributed by atoms with Gasteiger partial charge in [-0.05, 0) is 25.1 Å². The molecule has 13 heavy (non-hydrogen) atoms. The van der Waals surface area contributed by atoms with E-state index in [0.717, 1.165) is 11.4 Å². The van der Waals surface area contributed by atoms with E-state index in [1.54, 1.807) is 10.9 Å². The highest BCUT2D eigenvalue weighted by Crippen LogP contribution is 2.14. The number of rotatable bonds is 1. The maximum atomic E-state index is 5.85. The Morgan fingerprint density at radius 1 is 1.38 bits per heavy atom. The van der Waals surface area contributed by atoms with Crippen LogP contribution in [-0.2, 0) is 0 Å². The van der Waals surface area contributed by atoms with Gasteiger partial charge < -0.3 is 0 Å². The van der Waals surface area contributed by atoms with Crippen LogP contribution in [0.15, 0.2) is 30.5 Å². The van der Waals surface area contributed by atoms with Crippen molar-refractivity contribution in [1.82, 2.24) is 15.0 Å². The van der Waals surface area contributed by atoms with Crippen LogP contribution in [0.25, 0.3) is 5.69 Å². The van der Waals surface area contributed by atoms with E-state index in [0.29, 0.717) is 5.02 Å². The molecule has 0 N–H and O–H groups in total. The molecule has 0 aliphatic carbocycles. The van der Waals surface area contributed by atoms with Crippen LogP contribution in [0, 0.1) is 6.92 Å². The molecule has 0 bridgehead atoms. The maximum absolute atomic E-state index is 5.85. The zero-order chi connectivity index (χ0) is 9.26. The standard InChI is InChI=1S/C9H8ClN3/c1-7-6-11-12-13(7)9-4-2-3-8(10)5-9/h2-6H,1H3. The number of hydrogen-bond acceptors (Lipinski definition) is 2. The molecule has 4 heteroatoms. The van der Waals surface area contributed by atoms with E-state index in [1.807, 2.05) is 31.2 Å². The summed E-state index contributed by atoms with van der Waals surface area (Å²) >= 11 is 5.85. The number of nitrogens with zero attached hydrogens (tertiary/aromatic N) is 3. The normalized spacial score (nSPS) is 10.3. The van der Waals surface area contributed by atoms with Crippen molar-refractivity contribution in [2.75, 3.05) is 0 Å². The largest absolute Gasteiger partial charge is 0.218 e. The Morgan fingerprint density at radius 3 is 2.85 bits per heavy atom. The molecule has 0 aliphatic heterocycles. The third kappa shape index (κ3) is 1.55. The fourth-order valence-electron chi connectivity index (χ4n) is 1.15. The molecule has 0 spiro atoms. The number of aryl methyl sites for hydroxylation is 1. The molecule has 1 heterocycles. The Kier molecular flexibility index (Phi) is 2.02. The van der Waals surface area contributed by atoms with E-state index < -0.39 is 0 Å². The molecule has 1 aromatic heterocycles. The van der Waals surface area contributed by atoms with Gasteiger partial charge in [-0.2, -0.15) is 0 Å². The molecule has 0 unspecified atom stereocenters. The van der Waals surface area contributed by atoms with Crippen LogP contribution in [0.1, 0.15) is 5.69 Å². The molecule has 0 fully saturated rings. The third-order valence-corrected chi connectivity index (χ3v) is 2.01. The van der Waals surface area contributed by atoms with Crippen LogP contribution in [0.3, 0.4) is 0 Å². The second-order valence-corrected chi connectivity index (χ2v) is 3.20. The van der Waals surface area contributed by atoms with Gasteiger partial charge in [-0.25, -0.2) is 4.68 Å². The van der Waals surface area contributed by atoms with Crippen molar-refractivity contribution < 1.29 is 0 Å². The lowest BCUT2D eigenvalue weighted by Gasteiger charge is -2.01. The average molecular weight is 194 g/mol. The van der Waals surface area contributed by atoms with E-state index in [2.05, 4.69) is 10.3 Å². The molecule has 2 aromatic rings. The Hall–Kier alpha value is -1.35. The molecule has 2 rings (SSSR count). The minimum atomic E-state index is 0.701. The molecule has 0 amide bonds. The van der Waals surface area contributed by atoms with Crippen LogP contribution in [0.2, 0.25) is 5.02 Å². The Bertz CT molecular complexity index is 422. The topological polar surface area (TPSA) is 30.7 Å². The molecule has 0 saturated heterocycles. The van der Waals surface area contributed by atoms with Crippen LogP contribution in [0.4, 0.5) is 0 Å². The fourth-order valence-corrected chi connectivity index (χ4v) is 1.33. The lowest BCUT2D eigenvalue weighted by atomic mass is 10.3. The summed E-state index contributed by atoms with van der Waals surface area (Å²) in [5.74, 6) is 0. The van der Waals surface area contributed by atoms with Crippen molar-refractivity contribution >= 4 is 11.6 Å². The van der Waals surface area contributed by atoms with Crippen LogP contribution in [0.5, 0.6) is 0 Å². The summed E-state index contributed by atoms with van der Waals surface area (Å²) in [6.45, 7) is 1.95. The van der Waals surface area contributed by atoms with Crippen molar-refractivity contribution in [1.29, 1.82) is 0 Å². The Balaban J connectivity index is 2.53. The number of benzene rings is 1. The zero-order valence-corrected chi connectivity index (χ0v) is 7.86. The summed E-state index contributed by atoms with van der Waals surface area (Å²) in [4.78, 5) is 0. The minimum Gasteiger partial charge on any atom is -0.218 e. The predicted molar refractivity (Wildman–Crippen MR) is 51.1 cm³/mol. The second-order valence-electron chi connectivity index (χ2n) is 2.77. The highest BCUT2D eigenvalue weighted by atomic mass is 35.5. The summed E-state index contributed by atoms with van der Waals surface area (Å²) in [5, 5.41) is 8.43. The summed E-state index contributed by atoms with van der Waals surface area (Å²) in [6, 6.07) is 7.51. The highest BCUT2D eigenvalue weighted by Gasteiger charge is 2.01. The van der Waals surface area contributed by atoms with E-state index in [9.17, 15) is 0 Å². The van der Waals surface area contributed by atoms with Crippen LogP contribution in [-0.4, -0.2) is 15.0 Å². The number of hydrogen-bond donors (Lipinski definition) is 0. The summed E-state index contributed by atoms with van der Waals surface area (Å²) in [6.07, 6.45) is 1.71. The summed E-state index contributed by atoms with van der Waals surface area (Å²) < 4.78 is 1.74. The molecule has 0 aliphatic rings. The van der Waals surface area contributed by atoms with E-state index >= 15 is 0 Å². The van der Waals surface area contributed by atoms with Crippen molar-refractivity contribution in [2.45, 2.75) is 6.92 Å². The molecule has 66 valence electrons. The average Bonchev–Trinajstić information content (AvgIpc) is 2.51. The first-order chi connectivity index (χ1) is 6.27. The van der Waals surface area contributed by atoms with E-state index in [4.69, 9.17) is 11.6 Å². The van der Waals surface area contributed by atoms with Gasteiger partial charge in [0.25, 0.3) is 0 Å². The molecular weight excluding hydrogens is 186 g/mol. The Labute approximate surface area is 81.0 Å². The van der Waals surface area contributed by atoms with Gasteiger partial charge in [-0.3, -0.25) is 0 Å². The quantitative estimate of drug-likeness (QED) is 0.696. The first-order valence-corrected chi connectivity index (χ1v) is 4.28. The smallest absolute Gasteiger partial charge is 0.0726 e. The number of halogens is 1. The van der Waals surface area contributed by atoms with Gasteiger partial charge in [0, 0.05) is 5.02 Å². The number of aromatic nitrogens is 3. The predicted octanol–water partition coefficient (Wildman–Crippen LogP) is 2.23. The van der Waals surface area contributed by atoms with Gasteiger partial charge >= 0.3 is 0 Å². The zero-order valence-electron chi connectivity index (χ0n) is 7.11. The minimum absolute atomic E-state index is 0.701. The SMILES string of the molecule is Cc1cnnn1-c1cccc(Cl)c1. The van der Waals surface area contributed by atoms with Crippen molar-refractivity contribution in [3.63, 3.8) is 0 Å². The molecular formula is C9H8ClN3. The summed E-state index contributed by atoms with van der Waals surface area (Å²) in [7, 11) is 0. The molecule has 0 radical (unpaired) electrons. The lowest BCUT2D eigenvalue weighted by Crippen LogP contribution is -1.98. The van der Waals surface area contributed by atoms with Crippen LogP contribution < -0.4 is 0 Å². The first-order valence-electron chi connectivity index (χ1n) is 3.90. The lowest BCUT2D eigenvalue weighted by molar-refractivity contribution is 0.785. The molecule has 3 nitrogen and oxygen atoms in total. The molecule has 0 atom stereocenters. The van der Waals surface area contributed by atoms with Crippen LogP contribution >= 0.6 is 11.6 Å². The van der Waals surface area contributed by atoms with Crippen molar-refractivity contribution in [3.05, 3.63) is 41.2 Å². The van der Waals surface area contributed by atoms with Gasteiger partial charge in [-0.15, -0.1) is 5.10 Å². The maximum Gasteiger partial charge on any atom is 0.0726 e. The van der Waals surface area contributed by atoms with Gasteiger partial charge in [-0.1, -0.05) is 22.9 Å². The first kappa shape index (κ1) is 8.26. The van der Waals surface area contributed by atoms with Gasteiger partial charge in [0.2, 0.25) is 0 Å². The Morgan fingerprint density at radius 2 is 2.23 bits per heavy atom. The fraction of sp³-hybridized carbons (Fsp3) is 0.111. The highest BCUT2D eigenvalue weighted by molar-refractivity contribution is 6.30. The summed E-state index contributed by atoms with van der Waals surface area (Å²) in [5.41, 5.74) is 1.92. The monoisotopic (exact) mass is 193 g/mol. The molecule has 1 aromatic carbocycles. The third-order valence-electron chi connectivity index (χ3n) is 1.77. The van der Waals surface area contributed by atoms with Crippen molar-refractivity contribution in [3.8, 4) is 5.69 Å².